The van der Waals surface area contributed by atoms with Gasteiger partial charge in [-0.05, 0) is 0 Å². The molecule has 1 aliphatic heterocycles. The number of nitrogens with zero attached hydrogens (tertiary/aromatic N) is 2. The summed E-state index contributed by atoms with van der Waals surface area (Å²) in [6.45, 7) is 0.671. The van der Waals surface area contributed by atoms with E-state index in [1.54, 1.807) is 18.8 Å². The van der Waals surface area contributed by atoms with Crippen LogP contribution < -0.4 is 0 Å². The van der Waals surface area contributed by atoms with Gasteiger partial charge in [0.15, 0.2) is 0 Å². The van der Waals surface area contributed by atoms with E-state index >= 15 is 0 Å². The Hall–Kier alpha value is -1.29. The number of rotatable bonds is 2. The van der Waals surface area contributed by atoms with Crippen molar-refractivity contribution in [2.45, 2.75) is 12.5 Å². The molecule has 1 unspecified atom stereocenters. The van der Waals surface area contributed by atoms with Crippen LogP contribution in [0.15, 0.2) is 24.4 Å². The van der Waals surface area contributed by atoms with E-state index in [4.69, 9.17) is 4.74 Å². The van der Waals surface area contributed by atoms with E-state index in [1.165, 1.54) is 0 Å². The predicted octanol–water partition coefficient (Wildman–Crippen LogP) is 0.758. The van der Waals surface area contributed by atoms with Gasteiger partial charge in [0.25, 0.3) is 0 Å². The molecule has 13 heavy (non-hydrogen) atoms. The summed E-state index contributed by atoms with van der Waals surface area (Å²) in [5.41, 5.74) is 1.72. The summed E-state index contributed by atoms with van der Waals surface area (Å²) in [4.78, 5) is 3.95. The summed E-state index contributed by atoms with van der Waals surface area (Å²) in [7, 11) is 1.86. The summed E-state index contributed by atoms with van der Waals surface area (Å²) >= 11 is 0. The smallest absolute Gasteiger partial charge is 0.120 e. The van der Waals surface area contributed by atoms with Gasteiger partial charge in [0, 0.05) is 19.0 Å². The van der Waals surface area contributed by atoms with E-state index in [0.717, 1.165) is 17.7 Å². The van der Waals surface area contributed by atoms with E-state index in [2.05, 4.69) is 4.98 Å². The Morgan fingerprint density at radius 2 is 2.54 bits per heavy atom. The van der Waals surface area contributed by atoms with Crippen molar-refractivity contribution in [1.82, 2.24) is 9.55 Å². The van der Waals surface area contributed by atoms with Crippen molar-refractivity contribution in [3.05, 3.63) is 30.1 Å². The Labute approximate surface area is 76.5 Å². The maximum Gasteiger partial charge on any atom is 0.120 e. The molecular formula is C9H12N2O2. The van der Waals surface area contributed by atoms with Gasteiger partial charge in [-0.2, -0.15) is 0 Å². The normalized spacial score (nSPS) is 18.2. The Kier molecular flexibility index (Phi) is 2.06. The molecule has 0 saturated heterocycles. The third kappa shape index (κ3) is 1.45. The molecule has 2 rings (SSSR count). The van der Waals surface area contributed by atoms with Crippen LogP contribution in [0, 0.1) is 0 Å². The summed E-state index contributed by atoms with van der Waals surface area (Å²) in [5, 5.41) is 9.88. The number of aromatic nitrogens is 2. The van der Waals surface area contributed by atoms with Gasteiger partial charge in [-0.15, -0.1) is 0 Å². The summed E-state index contributed by atoms with van der Waals surface area (Å²) in [6.07, 6.45) is 5.21. The van der Waals surface area contributed by atoms with Crippen molar-refractivity contribution in [1.29, 1.82) is 0 Å². The van der Waals surface area contributed by atoms with Gasteiger partial charge in [0.2, 0.25) is 0 Å². The third-order valence-electron chi connectivity index (χ3n) is 2.23. The SMILES string of the molecule is Cn1cncc1C(O)C1=COCC1. The summed E-state index contributed by atoms with van der Waals surface area (Å²) < 4.78 is 6.87. The predicted molar refractivity (Wildman–Crippen MR) is 46.8 cm³/mol. The summed E-state index contributed by atoms with van der Waals surface area (Å²) in [5.74, 6) is 0. The van der Waals surface area contributed by atoms with E-state index in [9.17, 15) is 5.11 Å². The topological polar surface area (TPSA) is 47.3 Å². The second-order valence-corrected chi connectivity index (χ2v) is 3.15. The lowest BCUT2D eigenvalue weighted by Crippen LogP contribution is -2.05. The number of hydrogen-bond donors (Lipinski definition) is 1. The zero-order valence-corrected chi connectivity index (χ0v) is 7.47. The van der Waals surface area contributed by atoms with Gasteiger partial charge in [-0.3, -0.25) is 0 Å². The van der Waals surface area contributed by atoms with Crippen molar-refractivity contribution in [2.24, 2.45) is 7.05 Å². The van der Waals surface area contributed by atoms with Crippen LogP contribution in [0.1, 0.15) is 18.2 Å². The van der Waals surface area contributed by atoms with Crippen LogP contribution >= 0.6 is 0 Å². The minimum absolute atomic E-state index is 0.574. The molecule has 70 valence electrons. The van der Waals surface area contributed by atoms with Gasteiger partial charge in [0.1, 0.15) is 6.10 Å². The molecule has 1 aliphatic rings. The standard InChI is InChI=1S/C9H12N2O2/c1-11-6-10-4-8(11)9(12)7-2-3-13-5-7/h4-6,9,12H,2-3H2,1H3. The molecule has 1 N–H and O–H groups in total. The molecule has 0 spiro atoms. The molecule has 0 fully saturated rings. The first-order valence-corrected chi connectivity index (χ1v) is 4.24. The average Bonchev–Trinajstić information content (AvgIpc) is 2.72. The fourth-order valence-electron chi connectivity index (χ4n) is 1.42. The molecule has 0 radical (unpaired) electrons. The van der Waals surface area contributed by atoms with Gasteiger partial charge in [-0.25, -0.2) is 4.98 Å². The number of imidazole rings is 1. The Morgan fingerprint density at radius 1 is 1.69 bits per heavy atom. The number of aliphatic hydroxyl groups is 1. The van der Waals surface area contributed by atoms with Crippen molar-refractivity contribution >= 4 is 0 Å². The first-order chi connectivity index (χ1) is 6.29. The second-order valence-electron chi connectivity index (χ2n) is 3.15. The number of aliphatic hydroxyl groups excluding tert-OH is 1. The average molecular weight is 180 g/mol. The Bertz CT molecular complexity index is 330. The lowest BCUT2D eigenvalue weighted by atomic mass is 10.1. The van der Waals surface area contributed by atoms with Crippen LogP contribution in [0.3, 0.4) is 0 Å². The van der Waals surface area contributed by atoms with E-state index in [0.29, 0.717) is 6.61 Å². The fourth-order valence-corrected chi connectivity index (χ4v) is 1.42. The molecule has 4 nitrogen and oxygen atoms in total. The molecule has 0 saturated carbocycles. The van der Waals surface area contributed by atoms with Crippen LogP contribution in [0.25, 0.3) is 0 Å². The van der Waals surface area contributed by atoms with Crippen LogP contribution in [0.2, 0.25) is 0 Å². The van der Waals surface area contributed by atoms with Crippen LogP contribution in [-0.4, -0.2) is 21.3 Å². The zero-order valence-electron chi connectivity index (χ0n) is 7.47. The lowest BCUT2D eigenvalue weighted by Gasteiger charge is -2.10. The highest BCUT2D eigenvalue weighted by Gasteiger charge is 2.19. The van der Waals surface area contributed by atoms with Gasteiger partial charge in [-0.1, -0.05) is 0 Å². The third-order valence-corrected chi connectivity index (χ3v) is 2.23. The maximum atomic E-state index is 9.88. The van der Waals surface area contributed by atoms with Gasteiger partial charge >= 0.3 is 0 Å². The number of hydrogen-bond acceptors (Lipinski definition) is 3. The van der Waals surface area contributed by atoms with E-state index in [1.807, 2.05) is 11.6 Å². The van der Waals surface area contributed by atoms with Gasteiger partial charge in [0.05, 0.1) is 31.1 Å². The minimum atomic E-state index is -0.574. The first-order valence-electron chi connectivity index (χ1n) is 4.24. The molecular weight excluding hydrogens is 168 g/mol. The van der Waals surface area contributed by atoms with E-state index in [-0.39, 0.29) is 0 Å². The molecule has 0 aromatic carbocycles. The number of aryl methyl sites for hydroxylation is 1. The molecule has 0 amide bonds. The van der Waals surface area contributed by atoms with Crippen LogP contribution in [0.4, 0.5) is 0 Å². The van der Waals surface area contributed by atoms with E-state index < -0.39 is 6.10 Å². The van der Waals surface area contributed by atoms with Crippen molar-refractivity contribution in [3.8, 4) is 0 Å². The highest BCUT2D eigenvalue weighted by atomic mass is 16.5. The monoisotopic (exact) mass is 180 g/mol. The second kappa shape index (κ2) is 3.22. The highest BCUT2D eigenvalue weighted by Crippen LogP contribution is 2.26. The molecule has 1 atom stereocenters. The first kappa shape index (κ1) is 8.31. The molecule has 1 aromatic rings. The summed E-state index contributed by atoms with van der Waals surface area (Å²) in [6, 6.07) is 0. The number of ether oxygens (including phenoxy) is 1. The zero-order chi connectivity index (χ0) is 9.26. The van der Waals surface area contributed by atoms with Crippen molar-refractivity contribution < 1.29 is 9.84 Å². The molecule has 0 aliphatic carbocycles. The van der Waals surface area contributed by atoms with Gasteiger partial charge < -0.3 is 14.4 Å². The molecule has 1 aromatic heterocycles. The Morgan fingerprint density at radius 3 is 3.08 bits per heavy atom. The van der Waals surface area contributed by atoms with Crippen LogP contribution in [-0.2, 0) is 11.8 Å². The molecule has 0 bridgehead atoms. The molecule has 2 heterocycles. The highest BCUT2D eigenvalue weighted by molar-refractivity contribution is 5.18. The minimum Gasteiger partial charge on any atom is -0.501 e. The van der Waals surface area contributed by atoms with Crippen LogP contribution in [0.5, 0.6) is 0 Å². The van der Waals surface area contributed by atoms with Crippen molar-refractivity contribution in [2.75, 3.05) is 6.61 Å². The Balaban J connectivity index is 2.21. The fraction of sp³-hybridized carbons (Fsp3) is 0.444. The van der Waals surface area contributed by atoms with Crippen molar-refractivity contribution in [3.63, 3.8) is 0 Å². The molecule has 4 heteroatoms. The quantitative estimate of drug-likeness (QED) is 0.730. The largest absolute Gasteiger partial charge is 0.501 e. The maximum absolute atomic E-state index is 9.88. The lowest BCUT2D eigenvalue weighted by molar-refractivity contribution is 0.204.